The van der Waals surface area contributed by atoms with Gasteiger partial charge in [0.2, 0.25) is 0 Å². The Morgan fingerprint density at radius 2 is 2.21 bits per heavy atom. The van der Waals surface area contributed by atoms with Crippen molar-refractivity contribution in [1.29, 1.82) is 0 Å². The number of hydrogen-bond acceptors (Lipinski definition) is 3. The minimum Gasteiger partial charge on any atom is -0.310 e. The highest BCUT2D eigenvalue weighted by Crippen LogP contribution is 1.93. The lowest BCUT2D eigenvalue weighted by Gasteiger charge is -2.19. The second-order valence-electron chi connectivity index (χ2n) is 3.76. The van der Waals surface area contributed by atoms with E-state index in [1.54, 1.807) is 0 Å². The molecule has 1 aromatic rings. The van der Waals surface area contributed by atoms with Gasteiger partial charge in [-0.1, -0.05) is 6.07 Å². The third kappa shape index (κ3) is 3.85. The predicted octanol–water partition coefficient (Wildman–Crippen LogP) is 1.12. The van der Waals surface area contributed by atoms with Crippen LogP contribution < -0.4 is 5.32 Å². The molecule has 1 unspecified atom stereocenters. The lowest BCUT2D eigenvalue weighted by molar-refractivity contribution is 0.302. The summed E-state index contributed by atoms with van der Waals surface area (Å²) in [6, 6.07) is 6.54. The van der Waals surface area contributed by atoms with E-state index in [1.165, 1.54) is 0 Å². The van der Waals surface area contributed by atoms with E-state index in [9.17, 15) is 0 Å². The maximum absolute atomic E-state index is 4.24. The Morgan fingerprint density at radius 1 is 1.43 bits per heavy atom. The molecule has 78 valence electrons. The number of aromatic nitrogens is 1. The molecule has 0 aliphatic carbocycles. The first-order valence-corrected chi connectivity index (χ1v) is 4.97. The number of nitrogens with zero attached hydrogens (tertiary/aromatic N) is 2. The van der Waals surface area contributed by atoms with Gasteiger partial charge in [0.05, 0.1) is 5.69 Å². The number of likely N-dealkylation sites (N-methyl/N-ethyl adjacent to an activating group) is 1. The van der Waals surface area contributed by atoms with E-state index < -0.39 is 0 Å². The van der Waals surface area contributed by atoms with E-state index in [4.69, 9.17) is 0 Å². The van der Waals surface area contributed by atoms with Gasteiger partial charge in [0, 0.05) is 25.3 Å². The molecule has 0 fully saturated rings. The summed E-state index contributed by atoms with van der Waals surface area (Å²) in [4.78, 5) is 6.44. The normalized spacial score (nSPS) is 13.1. The van der Waals surface area contributed by atoms with Gasteiger partial charge in [-0.3, -0.25) is 4.98 Å². The summed E-state index contributed by atoms with van der Waals surface area (Å²) in [6.45, 7) is 4.04. The SMILES string of the molecule is CC(CNCc1ccccn1)N(C)C. The van der Waals surface area contributed by atoms with Crippen molar-refractivity contribution in [1.82, 2.24) is 15.2 Å². The fourth-order valence-corrected chi connectivity index (χ4v) is 1.09. The van der Waals surface area contributed by atoms with Gasteiger partial charge < -0.3 is 10.2 Å². The van der Waals surface area contributed by atoms with Gasteiger partial charge in [-0.05, 0) is 33.2 Å². The Morgan fingerprint density at radius 3 is 2.79 bits per heavy atom. The van der Waals surface area contributed by atoms with E-state index in [-0.39, 0.29) is 0 Å². The maximum Gasteiger partial charge on any atom is 0.0541 e. The molecule has 14 heavy (non-hydrogen) atoms. The maximum atomic E-state index is 4.24. The minimum atomic E-state index is 0.554. The summed E-state index contributed by atoms with van der Waals surface area (Å²) in [6.07, 6.45) is 1.83. The molecule has 0 saturated carbocycles. The Bertz CT molecular complexity index is 246. The van der Waals surface area contributed by atoms with Crippen LogP contribution in [0, 0.1) is 0 Å². The Balaban J connectivity index is 2.22. The zero-order chi connectivity index (χ0) is 10.4. The van der Waals surface area contributed by atoms with Crippen LogP contribution in [-0.4, -0.2) is 36.6 Å². The largest absolute Gasteiger partial charge is 0.310 e. The summed E-state index contributed by atoms with van der Waals surface area (Å²) in [5.41, 5.74) is 1.10. The summed E-state index contributed by atoms with van der Waals surface area (Å²) in [5, 5.41) is 3.38. The van der Waals surface area contributed by atoms with E-state index in [1.807, 2.05) is 24.4 Å². The zero-order valence-electron chi connectivity index (χ0n) is 9.20. The summed E-state index contributed by atoms with van der Waals surface area (Å²) in [7, 11) is 4.18. The molecular formula is C11H19N3. The summed E-state index contributed by atoms with van der Waals surface area (Å²) in [5.74, 6) is 0. The molecule has 0 aliphatic rings. The van der Waals surface area contributed by atoms with Gasteiger partial charge in [-0.25, -0.2) is 0 Å². The van der Waals surface area contributed by atoms with Crippen molar-refractivity contribution in [3.63, 3.8) is 0 Å². The van der Waals surface area contributed by atoms with Crippen LogP contribution in [0.5, 0.6) is 0 Å². The van der Waals surface area contributed by atoms with E-state index in [0.717, 1.165) is 18.8 Å². The van der Waals surface area contributed by atoms with E-state index in [0.29, 0.717) is 6.04 Å². The van der Waals surface area contributed by atoms with Crippen LogP contribution in [0.4, 0.5) is 0 Å². The minimum absolute atomic E-state index is 0.554. The van der Waals surface area contributed by atoms with Crippen molar-refractivity contribution in [3.05, 3.63) is 30.1 Å². The molecule has 1 rings (SSSR count). The highest BCUT2D eigenvalue weighted by atomic mass is 15.1. The van der Waals surface area contributed by atoms with Crippen LogP contribution in [0.25, 0.3) is 0 Å². The first-order valence-electron chi connectivity index (χ1n) is 4.97. The van der Waals surface area contributed by atoms with Gasteiger partial charge in [-0.2, -0.15) is 0 Å². The monoisotopic (exact) mass is 193 g/mol. The molecule has 1 aromatic heterocycles. The molecule has 1 atom stereocenters. The molecule has 1 N–H and O–H groups in total. The van der Waals surface area contributed by atoms with Gasteiger partial charge in [0.15, 0.2) is 0 Å². The molecule has 3 heteroatoms. The third-order valence-electron chi connectivity index (χ3n) is 2.35. The predicted molar refractivity (Wildman–Crippen MR) is 59.1 cm³/mol. The Hall–Kier alpha value is -0.930. The second-order valence-corrected chi connectivity index (χ2v) is 3.76. The molecule has 0 amide bonds. The molecular weight excluding hydrogens is 174 g/mol. The average molecular weight is 193 g/mol. The molecule has 3 nitrogen and oxygen atoms in total. The highest BCUT2D eigenvalue weighted by Gasteiger charge is 2.02. The number of pyridine rings is 1. The van der Waals surface area contributed by atoms with Crippen LogP contribution in [0.1, 0.15) is 12.6 Å². The van der Waals surface area contributed by atoms with Crippen molar-refractivity contribution in [3.8, 4) is 0 Å². The Labute approximate surface area is 86.2 Å². The number of rotatable bonds is 5. The lowest BCUT2D eigenvalue weighted by Crippen LogP contribution is -2.35. The number of hydrogen-bond donors (Lipinski definition) is 1. The Kier molecular flexibility index (Phi) is 4.56. The van der Waals surface area contributed by atoms with Crippen LogP contribution in [0.3, 0.4) is 0 Å². The smallest absolute Gasteiger partial charge is 0.0541 e. The first-order chi connectivity index (χ1) is 6.70. The fourth-order valence-electron chi connectivity index (χ4n) is 1.09. The molecule has 0 aliphatic heterocycles. The van der Waals surface area contributed by atoms with Crippen molar-refractivity contribution >= 4 is 0 Å². The van der Waals surface area contributed by atoms with Crippen molar-refractivity contribution < 1.29 is 0 Å². The molecule has 0 radical (unpaired) electrons. The lowest BCUT2D eigenvalue weighted by atomic mass is 10.3. The van der Waals surface area contributed by atoms with E-state index >= 15 is 0 Å². The van der Waals surface area contributed by atoms with Gasteiger partial charge in [0.1, 0.15) is 0 Å². The molecule has 1 heterocycles. The van der Waals surface area contributed by atoms with E-state index in [2.05, 4.69) is 36.2 Å². The molecule has 0 bridgehead atoms. The first kappa shape index (κ1) is 11.1. The van der Waals surface area contributed by atoms with Crippen LogP contribution in [-0.2, 0) is 6.54 Å². The summed E-state index contributed by atoms with van der Waals surface area (Å²) < 4.78 is 0. The van der Waals surface area contributed by atoms with Crippen molar-refractivity contribution in [2.24, 2.45) is 0 Å². The van der Waals surface area contributed by atoms with Gasteiger partial charge in [-0.15, -0.1) is 0 Å². The zero-order valence-corrected chi connectivity index (χ0v) is 9.20. The quantitative estimate of drug-likeness (QED) is 0.759. The standard InChI is InChI=1S/C11H19N3/c1-10(14(2)3)8-12-9-11-6-4-5-7-13-11/h4-7,10,12H,8-9H2,1-3H3. The topological polar surface area (TPSA) is 28.2 Å². The van der Waals surface area contributed by atoms with Crippen LogP contribution in [0.15, 0.2) is 24.4 Å². The fraction of sp³-hybridized carbons (Fsp3) is 0.545. The highest BCUT2D eigenvalue weighted by molar-refractivity contribution is 5.02. The van der Waals surface area contributed by atoms with Crippen LogP contribution >= 0.6 is 0 Å². The third-order valence-corrected chi connectivity index (χ3v) is 2.35. The van der Waals surface area contributed by atoms with Crippen LogP contribution in [0.2, 0.25) is 0 Å². The molecule has 0 saturated heterocycles. The van der Waals surface area contributed by atoms with Crippen molar-refractivity contribution in [2.45, 2.75) is 19.5 Å². The number of nitrogens with one attached hydrogen (secondary N) is 1. The molecule has 0 spiro atoms. The van der Waals surface area contributed by atoms with Gasteiger partial charge in [0.25, 0.3) is 0 Å². The average Bonchev–Trinajstić information content (AvgIpc) is 2.19. The van der Waals surface area contributed by atoms with Gasteiger partial charge >= 0.3 is 0 Å². The molecule has 0 aromatic carbocycles. The van der Waals surface area contributed by atoms with Crippen molar-refractivity contribution in [2.75, 3.05) is 20.6 Å². The summed E-state index contributed by atoms with van der Waals surface area (Å²) >= 11 is 0. The second kappa shape index (κ2) is 5.73.